The van der Waals surface area contributed by atoms with Crippen molar-refractivity contribution in [2.75, 3.05) is 5.32 Å². The molecule has 0 saturated heterocycles. The summed E-state index contributed by atoms with van der Waals surface area (Å²) in [5.74, 6) is -1.19. The van der Waals surface area contributed by atoms with Crippen LogP contribution in [0.25, 0.3) is 10.9 Å². The number of hydrogen-bond acceptors (Lipinski definition) is 4. The first kappa shape index (κ1) is 16.9. The monoisotopic (exact) mass is 400 g/mol. The Kier molecular flexibility index (Phi) is 4.95. The molecule has 2 N–H and O–H groups in total. The Balaban J connectivity index is 1.88. The van der Waals surface area contributed by atoms with E-state index >= 15 is 0 Å². The molecule has 0 saturated carbocycles. The zero-order chi connectivity index (χ0) is 17.8. The Bertz CT molecular complexity index is 944. The summed E-state index contributed by atoms with van der Waals surface area (Å²) in [5, 5.41) is 12.4. The highest BCUT2D eigenvalue weighted by molar-refractivity contribution is 9.10. The lowest BCUT2D eigenvalue weighted by Crippen LogP contribution is -2.16. The van der Waals surface area contributed by atoms with Gasteiger partial charge >= 0.3 is 12.1 Å². The Hall–Kier alpha value is -2.93. The molecule has 0 aliphatic carbocycles. The molecule has 126 valence electrons. The van der Waals surface area contributed by atoms with Gasteiger partial charge < -0.3 is 9.84 Å². The molecule has 0 unspecified atom stereocenters. The predicted molar refractivity (Wildman–Crippen MR) is 96.7 cm³/mol. The van der Waals surface area contributed by atoms with Gasteiger partial charge in [0, 0.05) is 16.1 Å². The molecule has 0 radical (unpaired) electrons. The van der Waals surface area contributed by atoms with Gasteiger partial charge in [-0.25, -0.2) is 9.59 Å². The van der Waals surface area contributed by atoms with Gasteiger partial charge in [0.05, 0.1) is 11.2 Å². The standard InChI is InChI=1S/C18H13BrN2O4/c19-12-6-7-15-13(8-12)16(14(9-20-15)17(22)23)21-18(24)25-10-11-4-2-1-3-5-11/h1-9H,10H2,(H,22,23)(H,20,21,24). The number of ether oxygens (including phenoxy) is 1. The fourth-order valence-corrected chi connectivity index (χ4v) is 2.68. The number of carboxylic acid groups (broad SMARTS) is 1. The molecule has 0 spiro atoms. The van der Waals surface area contributed by atoms with Crippen molar-refractivity contribution >= 4 is 44.6 Å². The van der Waals surface area contributed by atoms with E-state index in [9.17, 15) is 14.7 Å². The second-order valence-corrected chi connectivity index (χ2v) is 6.12. The summed E-state index contributed by atoms with van der Waals surface area (Å²) in [5.41, 5.74) is 1.43. The second kappa shape index (κ2) is 7.31. The molecule has 0 aliphatic rings. The number of pyridine rings is 1. The minimum atomic E-state index is -1.19. The number of nitrogens with one attached hydrogen (secondary N) is 1. The SMILES string of the molecule is O=C(Nc1c(C(=O)O)cnc2ccc(Br)cc12)OCc1ccccc1. The van der Waals surface area contributed by atoms with Crippen LogP contribution in [-0.2, 0) is 11.3 Å². The number of carbonyl (C=O) groups is 2. The average molecular weight is 401 g/mol. The summed E-state index contributed by atoms with van der Waals surface area (Å²) < 4.78 is 5.91. The van der Waals surface area contributed by atoms with Gasteiger partial charge in [-0.15, -0.1) is 0 Å². The largest absolute Gasteiger partial charge is 0.478 e. The number of aromatic carboxylic acids is 1. The van der Waals surface area contributed by atoms with Gasteiger partial charge in [0.1, 0.15) is 12.2 Å². The molecule has 3 rings (SSSR count). The Labute approximate surface area is 151 Å². The molecule has 25 heavy (non-hydrogen) atoms. The zero-order valence-corrected chi connectivity index (χ0v) is 14.5. The predicted octanol–water partition coefficient (Wildman–Crippen LogP) is 4.44. The van der Waals surface area contributed by atoms with Crippen LogP contribution in [0.5, 0.6) is 0 Å². The Morgan fingerprint density at radius 3 is 2.64 bits per heavy atom. The van der Waals surface area contributed by atoms with Crippen LogP contribution in [0.2, 0.25) is 0 Å². The molecule has 0 aliphatic heterocycles. The van der Waals surface area contributed by atoms with Gasteiger partial charge in [-0.05, 0) is 23.8 Å². The highest BCUT2D eigenvalue weighted by Crippen LogP contribution is 2.29. The number of benzene rings is 2. The fourth-order valence-electron chi connectivity index (χ4n) is 2.32. The van der Waals surface area contributed by atoms with Gasteiger partial charge in [-0.1, -0.05) is 46.3 Å². The van der Waals surface area contributed by atoms with Gasteiger partial charge in [0.2, 0.25) is 0 Å². The smallest absolute Gasteiger partial charge is 0.411 e. The number of carboxylic acids is 1. The number of halogens is 1. The first-order valence-corrected chi connectivity index (χ1v) is 8.13. The molecule has 7 heteroatoms. The van der Waals surface area contributed by atoms with Crippen LogP contribution in [0.1, 0.15) is 15.9 Å². The van der Waals surface area contributed by atoms with Crippen LogP contribution in [0.4, 0.5) is 10.5 Å². The topological polar surface area (TPSA) is 88.5 Å². The van der Waals surface area contributed by atoms with Crippen LogP contribution in [-0.4, -0.2) is 22.2 Å². The summed E-state index contributed by atoms with van der Waals surface area (Å²) >= 11 is 3.34. The van der Waals surface area contributed by atoms with Crippen molar-refractivity contribution in [1.29, 1.82) is 0 Å². The van der Waals surface area contributed by atoms with E-state index in [1.54, 1.807) is 18.2 Å². The number of rotatable bonds is 4. The number of amides is 1. The van der Waals surface area contributed by atoms with Gasteiger partial charge in [-0.3, -0.25) is 10.3 Å². The Morgan fingerprint density at radius 1 is 1.16 bits per heavy atom. The minimum absolute atomic E-state index is 0.0851. The molecule has 6 nitrogen and oxygen atoms in total. The van der Waals surface area contributed by atoms with Crippen molar-refractivity contribution < 1.29 is 19.4 Å². The highest BCUT2D eigenvalue weighted by atomic mass is 79.9. The van der Waals surface area contributed by atoms with Gasteiger partial charge in [-0.2, -0.15) is 0 Å². The number of carbonyl (C=O) groups excluding carboxylic acids is 1. The molecule has 0 atom stereocenters. The van der Waals surface area contributed by atoms with E-state index in [1.807, 2.05) is 30.3 Å². The summed E-state index contributed by atoms with van der Waals surface area (Å²) in [4.78, 5) is 27.7. The van der Waals surface area contributed by atoms with E-state index in [1.165, 1.54) is 6.20 Å². The lowest BCUT2D eigenvalue weighted by Gasteiger charge is -2.12. The van der Waals surface area contributed by atoms with Crippen molar-refractivity contribution in [3.8, 4) is 0 Å². The summed E-state index contributed by atoms with van der Waals surface area (Å²) in [6.45, 7) is 0.0851. The lowest BCUT2D eigenvalue weighted by molar-refractivity contribution is 0.0697. The summed E-state index contributed by atoms with van der Waals surface area (Å²) in [7, 11) is 0. The van der Waals surface area contributed by atoms with Crippen molar-refractivity contribution in [3.63, 3.8) is 0 Å². The second-order valence-electron chi connectivity index (χ2n) is 5.20. The number of fused-ring (bicyclic) bond motifs is 1. The first-order valence-electron chi connectivity index (χ1n) is 7.34. The van der Waals surface area contributed by atoms with Crippen LogP contribution in [0.15, 0.2) is 59.2 Å². The normalized spacial score (nSPS) is 10.4. The summed E-state index contributed by atoms with van der Waals surface area (Å²) in [6.07, 6.45) is 0.476. The van der Waals surface area contributed by atoms with Crippen molar-refractivity contribution in [2.24, 2.45) is 0 Å². The zero-order valence-electron chi connectivity index (χ0n) is 12.9. The van der Waals surface area contributed by atoms with E-state index in [2.05, 4.69) is 26.2 Å². The maximum atomic E-state index is 12.1. The quantitative estimate of drug-likeness (QED) is 0.675. The number of aromatic nitrogens is 1. The highest BCUT2D eigenvalue weighted by Gasteiger charge is 2.17. The fraction of sp³-hybridized carbons (Fsp3) is 0.0556. The van der Waals surface area contributed by atoms with Crippen molar-refractivity contribution in [2.45, 2.75) is 6.61 Å². The molecule has 1 aromatic heterocycles. The van der Waals surface area contributed by atoms with E-state index in [0.717, 1.165) is 10.0 Å². The van der Waals surface area contributed by atoms with Gasteiger partial charge in [0.25, 0.3) is 0 Å². The first-order chi connectivity index (χ1) is 12.0. The number of hydrogen-bond donors (Lipinski definition) is 2. The lowest BCUT2D eigenvalue weighted by atomic mass is 10.1. The molecule has 1 amide bonds. The van der Waals surface area contributed by atoms with E-state index in [0.29, 0.717) is 10.9 Å². The van der Waals surface area contributed by atoms with Crippen LogP contribution >= 0.6 is 15.9 Å². The maximum Gasteiger partial charge on any atom is 0.411 e. The Morgan fingerprint density at radius 2 is 1.92 bits per heavy atom. The van der Waals surface area contributed by atoms with Crippen molar-refractivity contribution in [3.05, 3.63) is 70.3 Å². The third-order valence-corrected chi connectivity index (χ3v) is 3.99. The molecule has 0 bridgehead atoms. The van der Waals surface area contributed by atoms with Crippen LogP contribution in [0.3, 0.4) is 0 Å². The average Bonchev–Trinajstić information content (AvgIpc) is 2.61. The van der Waals surface area contributed by atoms with Crippen LogP contribution < -0.4 is 5.32 Å². The van der Waals surface area contributed by atoms with Gasteiger partial charge in [0.15, 0.2) is 0 Å². The number of anilines is 1. The minimum Gasteiger partial charge on any atom is -0.478 e. The molecule has 0 fully saturated rings. The summed E-state index contributed by atoms with van der Waals surface area (Å²) in [6, 6.07) is 14.4. The van der Waals surface area contributed by atoms with E-state index < -0.39 is 12.1 Å². The molecular weight excluding hydrogens is 388 g/mol. The third-order valence-electron chi connectivity index (χ3n) is 3.50. The molecule has 2 aromatic carbocycles. The van der Waals surface area contributed by atoms with Crippen LogP contribution in [0, 0.1) is 0 Å². The van der Waals surface area contributed by atoms with Crippen molar-refractivity contribution in [1.82, 2.24) is 4.98 Å². The molecule has 3 aromatic rings. The molecule has 1 heterocycles. The van der Waals surface area contributed by atoms with E-state index in [4.69, 9.17) is 4.74 Å². The third kappa shape index (κ3) is 3.95. The molecular formula is C18H13BrN2O4. The maximum absolute atomic E-state index is 12.1. The number of nitrogens with zero attached hydrogens (tertiary/aromatic N) is 1. The van der Waals surface area contributed by atoms with E-state index in [-0.39, 0.29) is 17.9 Å².